The molecule has 3 rings (SSSR count). The van der Waals surface area contributed by atoms with Gasteiger partial charge in [0, 0.05) is 24.4 Å². The van der Waals surface area contributed by atoms with Gasteiger partial charge in [-0.3, -0.25) is 14.4 Å². The van der Waals surface area contributed by atoms with Gasteiger partial charge in [0.05, 0.1) is 24.6 Å². The van der Waals surface area contributed by atoms with E-state index in [2.05, 4.69) is 5.32 Å². The summed E-state index contributed by atoms with van der Waals surface area (Å²) in [5.74, 6) is -2.62. The zero-order valence-electron chi connectivity index (χ0n) is 27.8. The quantitative estimate of drug-likeness (QED) is 0.158. The summed E-state index contributed by atoms with van der Waals surface area (Å²) in [6.45, 7) is 8.59. The largest absolute Gasteiger partial charge is 0.466 e. The van der Waals surface area contributed by atoms with E-state index < -0.39 is 59.3 Å². The van der Waals surface area contributed by atoms with E-state index in [0.717, 1.165) is 10.8 Å². The van der Waals surface area contributed by atoms with Crippen molar-refractivity contribution < 1.29 is 36.3 Å². The Balaban J connectivity index is 2.15. The number of aromatic nitrogens is 1. The SMILES string of the molecule is CCCC(C(=O)N[C@@H](CC(=O)OCC)c1cc(-c2c(C)cc(F)cc2C)cc(C)c1F)n1cc(CCN(C)C)c(C(F)(F)F)cc1=O. The van der Waals surface area contributed by atoms with Gasteiger partial charge in [0.15, 0.2) is 0 Å². The first-order valence-electron chi connectivity index (χ1n) is 15.5. The Hall–Kier alpha value is -4.06. The molecular formula is C35H42F5N3O4. The van der Waals surface area contributed by atoms with Gasteiger partial charge in [0.25, 0.3) is 5.56 Å². The molecule has 0 spiro atoms. The lowest BCUT2D eigenvalue weighted by molar-refractivity contribution is -0.144. The predicted octanol–water partition coefficient (Wildman–Crippen LogP) is 6.99. The number of amides is 1. The number of hydrogen-bond donors (Lipinski definition) is 1. The summed E-state index contributed by atoms with van der Waals surface area (Å²) in [6, 6.07) is 3.75. The van der Waals surface area contributed by atoms with Crippen molar-refractivity contribution in [3.8, 4) is 11.1 Å². The molecule has 3 aromatic rings. The number of pyridine rings is 1. The second kappa shape index (κ2) is 15.7. The van der Waals surface area contributed by atoms with Crippen molar-refractivity contribution in [1.29, 1.82) is 0 Å². The maximum Gasteiger partial charge on any atom is 0.416 e. The first-order chi connectivity index (χ1) is 22.0. The molecular weight excluding hydrogens is 621 g/mol. The van der Waals surface area contributed by atoms with Crippen LogP contribution in [0.4, 0.5) is 22.0 Å². The van der Waals surface area contributed by atoms with Crippen LogP contribution in [0.3, 0.4) is 0 Å². The van der Waals surface area contributed by atoms with E-state index in [1.165, 1.54) is 25.1 Å². The standard InChI is InChI=1S/C35H42F5N3O4/c1-8-10-29(43-19-23(11-12-42(6)7)27(17-30(43)44)35(38,39)40)34(46)41-28(18-31(45)47-9-2)26-16-24(13-22(5)33(26)37)32-20(3)14-25(36)15-21(32)4/h13-17,19,28-29H,8-12,18H2,1-7H3,(H,41,46)/t28-,29?/m0/s1. The van der Waals surface area contributed by atoms with E-state index in [1.807, 2.05) is 0 Å². The van der Waals surface area contributed by atoms with Crippen LogP contribution in [-0.2, 0) is 26.9 Å². The Morgan fingerprint density at radius 1 is 0.979 bits per heavy atom. The molecule has 256 valence electrons. The summed E-state index contributed by atoms with van der Waals surface area (Å²) >= 11 is 0. The summed E-state index contributed by atoms with van der Waals surface area (Å²) in [5.41, 5.74) is 0.311. The van der Waals surface area contributed by atoms with Crippen molar-refractivity contribution in [2.45, 2.75) is 78.6 Å². The normalized spacial score (nSPS) is 13.0. The van der Waals surface area contributed by atoms with Gasteiger partial charge in [-0.05, 0) is 112 Å². The summed E-state index contributed by atoms with van der Waals surface area (Å²) in [4.78, 5) is 41.5. The third kappa shape index (κ3) is 9.27. The van der Waals surface area contributed by atoms with Crippen LogP contribution < -0.4 is 10.9 Å². The minimum absolute atomic E-state index is 0.0319. The minimum Gasteiger partial charge on any atom is -0.466 e. The molecule has 1 aromatic heterocycles. The van der Waals surface area contributed by atoms with Crippen molar-refractivity contribution in [3.05, 3.63) is 91.9 Å². The highest BCUT2D eigenvalue weighted by atomic mass is 19.4. The molecule has 0 radical (unpaired) electrons. The van der Waals surface area contributed by atoms with Crippen molar-refractivity contribution in [3.63, 3.8) is 0 Å². The van der Waals surface area contributed by atoms with E-state index in [-0.39, 0.29) is 42.7 Å². The second-order valence-corrected chi connectivity index (χ2v) is 12.0. The van der Waals surface area contributed by atoms with E-state index in [0.29, 0.717) is 34.7 Å². The van der Waals surface area contributed by atoms with Crippen LogP contribution in [0.2, 0.25) is 0 Å². The number of benzene rings is 2. The highest BCUT2D eigenvalue weighted by Crippen LogP contribution is 2.35. The number of aryl methyl sites for hydroxylation is 3. The second-order valence-electron chi connectivity index (χ2n) is 12.0. The number of likely N-dealkylation sites (N-methyl/N-ethyl adjacent to an activating group) is 1. The predicted molar refractivity (Wildman–Crippen MR) is 170 cm³/mol. The van der Waals surface area contributed by atoms with E-state index in [4.69, 9.17) is 4.74 Å². The number of carbonyl (C=O) groups excluding carboxylic acids is 2. The molecule has 2 aromatic carbocycles. The van der Waals surface area contributed by atoms with Gasteiger partial charge in [0.1, 0.15) is 17.7 Å². The molecule has 12 heteroatoms. The summed E-state index contributed by atoms with van der Waals surface area (Å²) in [5, 5.41) is 2.70. The molecule has 2 atom stereocenters. The number of nitrogens with one attached hydrogen (secondary N) is 1. The van der Waals surface area contributed by atoms with Crippen molar-refractivity contribution >= 4 is 11.9 Å². The molecule has 1 unspecified atom stereocenters. The lowest BCUT2D eigenvalue weighted by Crippen LogP contribution is -2.40. The molecule has 7 nitrogen and oxygen atoms in total. The van der Waals surface area contributed by atoms with Crippen LogP contribution in [0.1, 0.15) is 78.6 Å². The first kappa shape index (κ1) is 37.4. The van der Waals surface area contributed by atoms with Gasteiger partial charge in [-0.1, -0.05) is 13.3 Å². The number of ether oxygens (including phenoxy) is 1. The Morgan fingerprint density at radius 2 is 1.62 bits per heavy atom. The van der Waals surface area contributed by atoms with Gasteiger partial charge < -0.3 is 19.5 Å². The molecule has 0 saturated carbocycles. The average molecular weight is 664 g/mol. The lowest BCUT2D eigenvalue weighted by atomic mass is 9.90. The van der Waals surface area contributed by atoms with Gasteiger partial charge >= 0.3 is 12.1 Å². The average Bonchev–Trinajstić information content (AvgIpc) is 2.95. The first-order valence-corrected chi connectivity index (χ1v) is 15.5. The van der Waals surface area contributed by atoms with Crippen LogP contribution in [0.25, 0.3) is 11.1 Å². The number of nitrogens with zero attached hydrogens (tertiary/aromatic N) is 2. The molecule has 0 saturated heterocycles. The van der Waals surface area contributed by atoms with E-state index in [1.54, 1.807) is 52.8 Å². The van der Waals surface area contributed by atoms with E-state index in [9.17, 15) is 31.9 Å². The Bertz CT molecular complexity index is 1640. The molecule has 0 bridgehead atoms. The molecule has 0 fully saturated rings. The highest BCUT2D eigenvalue weighted by Gasteiger charge is 2.36. The summed E-state index contributed by atoms with van der Waals surface area (Å²) in [7, 11) is 3.41. The van der Waals surface area contributed by atoms with Crippen molar-refractivity contribution in [1.82, 2.24) is 14.8 Å². The Labute approximate surface area is 271 Å². The Morgan fingerprint density at radius 3 is 2.17 bits per heavy atom. The topological polar surface area (TPSA) is 80.6 Å². The van der Waals surface area contributed by atoms with Crippen LogP contribution in [0.15, 0.2) is 41.3 Å². The molecule has 1 heterocycles. The third-order valence-corrected chi connectivity index (χ3v) is 7.93. The van der Waals surface area contributed by atoms with Gasteiger partial charge in [-0.2, -0.15) is 13.2 Å². The number of rotatable bonds is 13. The molecule has 1 amide bonds. The van der Waals surface area contributed by atoms with Crippen LogP contribution in [0, 0.1) is 32.4 Å². The van der Waals surface area contributed by atoms with Crippen LogP contribution in [-0.4, -0.2) is 48.6 Å². The molecule has 1 N–H and O–H groups in total. The van der Waals surface area contributed by atoms with Crippen LogP contribution >= 0.6 is 0 Å². The zero-order chi connectivity index (χ0) is 35.2. The fourth-order valence-corrected chi connectivity index (χ4v) is 5.77. The summed E-state index contributed by atoms with van der Waals surface area (Å²) in [6.07, 6.45) is -3.75. The fourth-order valence-electron chi connectivity index (χ4n) is 5.77. The van der Waals surface area contributed by atoms with Crippen molar-refractivity contribution in [2.75, 3.05) is 27.2 Å². The Kier molecular flexibility index (Phi) is 12.5. The fraction of sp³-hybridized carbons (Fsp3) is 0.457. The zero-order valence-corrected chi connectivity index (χ0v) is 27.8. The van der Waals surface area contributed by atoms with Gasteiger partial charge in [-0.15, -0.1) is 0 Å². The maximum atomic E-state index is 15.9. The minimum atomic E-state index is -4.78. The summed E-state index contributed by atoms with van der Waals surface area (Å²) < 4.78 is 77.7. The van der Waals surface area contributed by atoms with Gasteiger partial charge in [0.2, 0.25) is 5.91 Å². The maximum absolute atomic E-state index is 15.9. The number of esters is 1. The molecule has 47 heavy (non-hydrogen) atoms. The third-order valence-electron chi connectivity index (χ3n) is 7.93. The number of hydrogen-bond acceptors (Lipinski definition) is 5. The molecule has 0 aliphatic rings. The smallest absolute Gasteiger partial charge is 0.416 e. The number of carbonyl (C=O) groups is 2. The highest BCUT2D eigenvalue weighted by molar-refractivity contribution is 5.82. The number of alkyl halides is 3. The number of halogens is 5. The van der Waals surface area contributed by atoms with Crippen molar-refractivity contribution in [2.24, 2.45) is 0 Å². The van der Waals surface area contributed by atoms with E-state index >= 15 is 4.39 Å². The van der Waals surface area contributed by atoms with Crippen LogP contribution in [0.5, 0.6) is 0 Å². The molecule has 0 aliphatic carbocycles. The lowest BCUT2D eigenvalue weighted by Gasteiger charge is -2.26. The molecule has 0 aliphatic heterocycles. The van der Waals surface area contributed by atoms with Gasteiger partial charge in [-0.25, -0.2) is 8.78 Å². The monoisotopic (exact) mass is 663 g/mol.